The molecule has 1 aliphatic rings. The van der Waals surface area contributed by atoms with Crippen molar-refractivity contribution in [1.29, 1.82) is 0 Å². The Morgan fingerprint density at radius 1 is 0.625 bits per heavy atom. The molecule has 332 valence electrons. The molecule has 1 rings (SSSR count). The molecular formula is C49H96N2O5. The van der Waals surface area contributed by atoms with Crippen LogP contribution in [0, 0.1) is 11.8 Å². The van der Waals surface area contributed by atoms with Crippen LogP contribution in [0.5, 0.6) is 0 Å². The number of aliphatic hydroxyl groups is 1. The van der Waals surface area contributed by atoms with Crippen molar-refractivity contribution in [3.8, 4) is 0 Å². The Morgan fingerprint density at radius 3 is 1.70 bits per heavy atom. The number of carbonyl (C=O) groups is 2. The van der Waals surface area contributed by atoms with Gasteiger partial charge >= 0.3 is 11.9 Å². The van der Waals surface area contributed by atoms with Gasteiger partial charge in [-0.15, -0.1) is 0 Å². The van der Waals surface area contributed by atoms with E-state index in [1.165, 1.54) is 161 Å². The molecule has 0 spiro atoms. The van der Waals surface area contributed by atoms with Crippen LogP contribution in [-0.2, 0) is 19.1 Å². The summed E-state index contributed by atoms with van der Waals surface area (Å²) < 4.78 is 11.6. The molecule has 1 fully saturated rings. The first-order valence-electron chi connectivity index (χ1n) is 24.9. The molecule has 0 aromatic heterocycles. The van der Waals surface area contributed by atoms with Gasteiger partial charge in [0.1, 0.15) is 6.61 Å². The molecule has 7 nitrogen and oxygen atoms in total. The van der Waals surface area contributed by atoms with Crippen molar-refractivity contribution in [3.05, 3.63) is 0 Å². The molecule has 0 saturated heterocycles. The van der Waals surface area contributed by atoms with Crippen molar-refractivity contribution in [1.82, 2.24) is 10.2 Å². The lowest BCUT2D eigenvalue weighted by Gasteiger charge is -2.35. The summed E-state index contributed by atoms with van der Waals surface area (Å²) in [4.78, 5) is 28.3. The summed E-state index contributed by atoms with van der Waals surface area (Å²) in [5.74, 6) is 0.484. The summed E-state index contributed by atoms with van der Waals surface area (Å²) in [5, 5.41) is 14.4. The van der Waals surface area contributed by atoms with Crippen LogP contribution in [0.25, 0.3) is 0 Å². The van der Waals surface area contributed by atoms with E-state index in [0.29, 0.717) is 51.2 Å². The Labute approximate surface area is 348 Å². The minimum Gasteiger partial charge on any atom is -0.465 e. The number of hydrogen-bond donors (Lipinski definition) is 2. The van der Waals surface area contributed by atoms with Crippen molar-refractivity contribution in [3.63, 3.8) is 0 Å². The molecule has 3 unspecified atom stereocenters. The number of rotatable bonds is 41. The molecule has 0 amide bonds. The fourth-order valence-corrected chi connectivity index (χ4v) is 8.61. The number of unbranched alkanes of at least 4 members (excludes halogenated alkanes) is 18. The monoisotopic (exact) mass is 793 g/mol. The second-order valence-electron chi connectivity index (χ2n) is 17.7. The predicted octanol–water partition coefficient (Wildman–Crippen LogP) is 12.9. The number of aliphatic hydroxyl groups excluding tert-OH is 1. The number of hydrogen-bond acceptors (Lipinski definition) is 7. The van der Waals surface area contributed by atoms with Crippen molar-refractivity contribution in [2.75, 3.05) is 39.4 Å². The molecule has 0 bridgehead atoms. The topological polar surface area (TPSA) is 88.1 Å². The van der Waals surface area contributed by atoms with Gasteiger partial charge in [0.25, 0.3) is 0 Å². The van der Waals surface area contributed by atoms with Gasteiger partial charge in [-0.3, -0.25) is 14.5 Å². The maximum absolute atomic E-state index is 13.0. The Kier molecular flexibility index (Phi) is 37.1. The van der Waals surface area contributed by atoms with E-state index in [9.17, 15) is 14.7 Å². The fraction of sp³-hybridized carbons (Fsp3) is 0.959. The van der Waals surface area contributed by atoms with Crippen molar-refractivity contribution in [2.45, 2.75) is 252 Å². The van der Waals surface area contributed by atoms with Gasteiger partial charge in [-0.2, -0.15) is 0 Å². The van der Waals surface area contributed by atoms with Crippen LogP contribution in [0.4, 0.5) is 0 Å². The summed E-state index contributed by atoms with van der Waals surface area (Å²) in [7, 11) is 0. The van der Waals surface area contributed by atoms with E-state index < -0.39 is 6.10 Å². The quantitative estimate of drug-likeness (QED) is 0.0471. The van der Waals surface area contributed by atoms with E-state index in [0.717, 1.165) is 51.5 Å². The van der Waals surface area contributed by atoms with Gasteiger partial charge in [-0.25, -0.2) is 0 Å². The lowest BCUT2D eigenvalue weighted by Crippen LogP contribution is -2.45. The number of carbonyl (C=O) groups excluding carboxylic acids is 2. The Hall–Kier alpha value is -1.18. The second-order valence-corrected chi connectivity index (χ2v) is 17.7. The lowest BCUT2D eigenvalue weighted by atomic mass is 9.93. The zero-order valence-corrected chi connectivity index (χ0v) is 37.9. The lowest BCUT2D eigenvalue weighted by molar-refractivity contribution is -0.149. The van der Waals surface area contributed by atoms with Gasteiger partial charge in [-0.05, 0) is 63.8 Å². The van der Waals surface area contributed by atoms with Gasteiger partial charge in [0, 0.05) is 32.1 Å². The zero-order chi connectivity index (χ0) is 40.7. The average Bonchev–Trinajstić information content (AvgIpc) is 3.21. The molecule has 2 N–H and O–H groups in total. The summed E-state index contributed by atoms with van der Waals surface area (Å²) in [6, 6.07) is 0.533. The first-order valence-corrected chi connectivity index (χ1v) is 24.9. The van der Waals surface area contributed by atoms with Gasteiger partial charge in [-0.1, -0.05) is 182 Å². The normalized spacial score (nSPS) is 15.2. The van der Waals surface area contributed by atoms with E-state index in [-0.39, 0.29) is 17.9 Å². The van der Waals surface area contributed by atoms with Crippen LogP contribution in [0.3, 0.4) is 0 Å². The SMILES string of the molecule is CCCCCCCCC(CCCCCC)COC(=O)CCCCCN(CC(O)CNCCOC(=O)C(CCCCCC)CCCCCCCC)C1CCCCC1. The summed E-state index contributed by atoms with van der Waals surface area (Å²) in [6.45, 7) is 12.7. The largest absolute Gasteiger partial charge is 0.465 e. The van der Waals surface area contributed by atoms with Crippen LogP contribution in [0.2, 0.25) is 0 Å². The molecule has 56 heavy (non-hydrogen) atoms. The molecule has 3 atom stereocenters. The van der Waals surface area contributed by atoms with Crippen LogP contribution >= 0.6 is 0 Å². The predicted molar refractivity (Wildman–Crippen MR) is 238 cm³/mol. The molecular weight excluding hydrogens is 697 g/mol. The number of esters is 2. The summed E-state index contributed by atoms with van der Waals surface area (Å²) in [6.07, 6.45) is 38.7. The number of ether oxygens (including phenoxy) is 2. The molecule has 0 heterocycles. The first kappa shape index (κ1) is 52.8. The molecule has 0 radical (unpaired) electrons. The molecule has 7 heteroatoms. The molecule has 0 aliphatic heterocycles. The maximum Gasteiger partial charge on any atom is 0.308 e. The van der Waals surface area contributed by atoms with Crippen LogP contribution in [0.1, 0.15) is 240 Å². The van der Waals surface area contributed by atoms with Crippen LogP contribution < -0.4 is 5.32 Å². The van der Waals surface area contributed by atoms with E-state index in [4.69, 9.17) is 9.47 Å². The third-order valence-corrected chi connectivity index (χ3v) is 12.3. The molecule has 1 saturated carbocycles. The van der Waals surface area contributed by atoms with Crippen LogP contribution in [-0.4, -0.2) is 73.5 Å². The summed E-state index contributed by atoms with van der Waals surface area (Å²) in [5.41, 5.74) is 0. The molecule has 1 aliphatic carbocycles. The zero-order valence-electron chi connectivity index (χ0n) is 37.9. The highest BCUT2D eigenvalue weighted by atomic mass is 16.5. The van der Waals surface area contributed by atoms with Gasteiger partial charge in [0.2, 0.25) is 0 Å². The van der Waals surface area contributed by atoms with Crippen LogP contribution in [0.15, 0.2) is 0 Å². The number of nitrogens with one attached hydrogen (secondary N) is 1. The third-order valence-electron chi connectivity index (χ3n) is 12.3. The standard InChI is InChI=1S/C49H96N2O5/c1-5-9-13-17-19-24-32-44(31-23-15-11-7-3)43-56-48(53)37-29-22-30-39-51(46-35-27-21-28-36-46)42-47(52)41-50-38-40-55-49(54)45(33-25-16-12-8-4)34-26-20-18-14-10-6-2/h44-47,50,52H,5-43H2,1-4H3. The Bertz CT molecular complexity index is 865. The highest BCUT2D eigenvalue weighted by Crippen LogP contribution is 2.24. The maximum atomic E-state index is 13.0. The Morgan fingerprint density at radius 2 is 1.12 bits per heavy atom. The van der Waals surface area contributed by atoms with Gasteiger partial charge in [0.15, 0.2) is 0 Å². The van der Waals surface area contributed by atoms with E-state index in [2.05, 4.69) is 37.9 Å². The van der Waals surface area contributed by atoms with Gasteiger partial charge < -0.3 is 19.9 Å². The number of nitrogens with zero attached hydrogens (tertiary/aromatic N) is 1. The van der Waals surface area contributed by atoms with Crippen molar-refractivity contribution < 1.29 is 24.2 Å². The average molecular weight is 793 g/mol. The Balaban J connectivity index is 2.41. The second kappa shape index (κ2) is 39.3. The summed E-state index contributed by atoms with van der Waals surface area (Å²) >= 11 is 0. The highest BCUT2D eigenvalue weighted by Gasteiger charge is 2.23. The minimum atomic E-state index is -0.465. The van der Waals surface area contributed by atoms with E-state index in [1.807, 2.05) is 0 Å². The van der Waals surface area contributed by atoms with Crippen molar-refractivity contribution >= 4 is 11.9 Å². The first-order chi connectivity index (χ1) is 27.4. The van der Waals surface area contributed by atoms with E-state index >= 15 is 0 Å². The molecule has 0 aromatic carbocycles. The van der Waals surface area contributed by atoms with Crippen molar-refractivity contribution in [2.24, 2.45) is 11.8 Å². The third kappa shape index (κ3) is 30.8. The minimum absolute atomic E-state index is 0.0236. The van der Waals surface area contributed by atoms with Gasteiger partial charge in [0.05, 0.1) is 18.6 Å². The highest BCUT2D eigenvalue weighted by molar-refractivity contribution is 5.72. The fourth-order valence-electron chi connectivity index (χ4n) is 8.61. The molecule has 0 aromatic rings. The smallest absolute Gasteiger partial charge is 0.308 e. The van der Waals surface area contributed by atoms with E-state index in [1.54, 1.807) is 0 Å².